The van der Waals surface area contributed by atoms with Gasteiger partial charge in [0.05, 0.1) is 19.3 Å². The van der Waals surface area contributed by atoms with Crippen LogP contribution >= 0.6 is 0 Å². The number of rotatable bonds is 11. The van der Waals surface area contributed by atoms with Crippen LogP contribution in [0.1, 0.15) is 34.6 Å². The largest absolute Gasteiger partial charge is 0.494 e. The summed E-state index contributed by atoms with van der Waals surface area (Å²) in [6.45, 7) is 3.52. The van der Waals surface area contributed by atoms with Crippen LogP contribution in [-0.2, 0) is 9.53 Å². The Hall–Kier alpha value is -4.40. The number of hydrogen-bond donors (Lipinski definition) is 1. The second-order valence-electron chi connectivity index (χ2n) is 7.58. The number of amides is 1. The van der Waals surface area contributed by atoms with Crippen molar-refractivity contribution in [2.45, 2.75) is 20.0 Å². The van der Waals surface area contributed by atoms with E-state index in [0.29, 0.717) is 23.6 Å². The molecule has 188 valence electrons. The van der Waals surface area contributed by atoms with Crippen molar-refractivity contribution in [1.82, 2.24) is 0 Å². The van der Waals surface area contributed by atoms with E-state index in [1.807, 2.05) is 6.92 Å². The number of carbonyl (C=O) groups is 3. The predicted molar refractivity (Wildman–Crippen MR) is 130 cm³/mol. The number of ketones is 1. The Balaban J connectivity index is 1.58. The van der Waals surface area contributed by atoms with Gasteiger partial charge in [-0.15, -0.1) is 0 Å². The summed E-state index contributed by atoms with van der Waals surface area (Å²) in [5.41, 5.74) is 0.948. The summed E-state index contributed by atoms with van der Waals surface area (Å²) in [5, 5.41) is 2.58. The standard InChI is InChI=1S/C27H26FNO7/c1-4-34-22-12-5-18(6-13-22)26(31)17(2)36-27(32)19-7-14-23(24(15-19)33-3)35-16-25(30)29-21-10-8-20(28)9-11-21/h5-15,17H,4,16H2,1-3H3,(H,29,30)/t17-/m1/s1. The van der Waals surface area contributed by atoms with Crippen LogP contribution in [0, 0.1) is 5.82 Å². The van der Waals surface area contributed by atoms with Crippen LogP contribution in [0.3, 0.4) is 0 Å². The van der Waals surface area contributed by atoms with Gasteiger partial charge in [0.25, 0.3) is 5.91 Å². The lowest BCUT2D eigenvalue weighted by atomic mass is 10.1. The molecule has 0 fully saturated rings. The van der Waals surface area contributed by atoms with Gasteiger partial charge < -0.3 is 24.3 Å². The number of methoxy groups -OCH3 is 1. The maximum atomic E-state index is 13.0. The van der Waals surface area contributed by atoms with Crippen molar-refractivity contribution in [3.8, 4) is 17.2 Å². The summed E-state index contributed by atoms with van der Waals surface area (Å²) in [4.78, 5) is 37.4. The first-order valence-electron chi connectivity index (χ1n) is 11.1. The van der Waals surface area contributed by atoms with E-state index in [0.717, 1.165) is 0 Å². The molecule has 3 aromatic carbocycles. The highest BCUT2D eigenvalue weighted by Gasteiger charge is 2.22. The average Bonchev–Trinajstić information content (AvgIpc) is 2.88. The van der Waals surface area contributed by atoms with Crippen LogP contribution in [-0.4, -0.2) is 44.1 Å². The van der Waals surface area contributed by atoms with Gasteiger partial charge in [0.1, 0.15) is 11.6 Å². The lowest BCUT2D eigenvalue weighted by Gasteiger charge is -2.15. The summed E-state index contributed by atoms with van der Waals surface area (Å²) < 4.78 is 34.4. The zero-order valence-electron chi connectivity index (χ0n) is 20.1. The summed E-state index contributed by atoms with van der Waals surface area (Å²) in [7, 11) is 1.38. The molecule has 1 amide bonds. The van der Waals surface area contributed by atoms with Crippen LogP contribution in [0.5, 0.6) is 17.2 Å². The molecule has 0 aliphatic rings. The van der Waals surface area contributed by atoms with Crippen LogP contribution in [0.2, 0.25) is 0 Å². The molecule has 1 N–H and O–H groups in total. The molecule has 0 saturated carbocycles. The maximum Gasteiger partial charge on any atom is 0.338 e. The molecule has 36 heavy (non-hydrogen) atoms. The van der Waals surface area contributed by atoms with Crippen molar-refractivity contribution >= 4 is 23.3 Å². The average molecular weight is 496 g/mol. The van der Waals surface area contributed by atoms with E-state index in [1.54, 1.807) is 24.3 Å². The van der Waals surface area contributed by atoms with Crippen molar-refractivity contribution in [2.24, 2.45) is 0 Å². The third-order valence-electron chi connectivity index (χ3n) is 4.99. The highest BCUT2D eigenvalue weighted by molar-refractivity contribution is 6.01. The molecule has 1 atom stereocenters. The molecular weight excluding hydrogens is 469 g/mol. The molecule has 3 aromatic rings. The van der Waals surface area contributed by atoms with Gasteiger partial charge >= 0.3 is 5.97 Å². The van der Waals surface area contributed by atoms with E-state index in [1.165, 1.54) is 56.5 Å². The third-order valence-corrected chi connectivity index (χ3v) is 4.99. The van der Waals surface area contributed by atoms with Gasteiger partial charge in [-0.3, -0.25) is 9.59 Å². The van der Waals surface area contributed by atoms with Crippen LogP contribution in [0.15, 0.2) is 66.7 Å². The van der Waals surface area contributed by atoms with E-state index in [-0.39, 0.29) is 29.5 Å². The van der Waals surface area contributed by atoms with Crippen LogP contribution in [0.25, 0.3) is 0 Å². The lowest BCUT2D eigenvalue weighted by Crippen LogP contribution is -2.24. The number of benzene rings is 3. The molecule has 9 heteroatoms. The van der Waals surface area contributed by atoms with E-state index in [2.05, 4.69) is 5.32 Å². The molecular formula is C27H26FNO7. The number of carbonyl (C=O) groups excluding carboxylic acids is 3. The molecule has 0 spiro atoms. The fourth-order valence-corrected chi connectivity index (χ4v) is 3.19. The molecule has 0 aromatic heterocycles. The Labute approximate surface area is 207 Å². The van der Waals surface area contributed by atoms with Gasteiger partial charge in [-0.1, -0.05) is 0 Å². The summed E-state index contributed by atoms with van der Waals surface area (Å²) in [6, 6.07) is 16.2. The summed E-state index contributed by atoms with van der Waals surface area (Å²) in [5.74, 6) is -0.894. The van der Waals surface area contributed by atoms with E-state index < -0.39 is 23.8 Å². The van der Waals surface area contributed by atoms with Crippen molar-refractivity contribution in [3.05, 3.63) is 83.7 Å². The first-order valence-corrected chi connectivity index (χ1v) is 11.1. The molecule has 0 aliphatic carbocycles. The van der Waals surface area contributed by atoms with Gasteiger partial charge in [0.15, 0.2) is 24.2 Å². The van der Waals surface area contributed by atoms with Crippen molar-refractivity contribution in [3.63, 3.8) is 0 Å². The summed E-state index contributed by atoms with van der Waals surface area (Å²) >= 11 is 0. The SMILES string of the molecule is CCOc1ccc(C(=O)[C@@H](C)OC(=O)c2ccc(OCC(=O)Nc3ccc(F)cc3)c(OC)c2)cc1. The normalized spacial score (nSPS) is 11.2. The number of hydrogen-bond acceptors (Lipinski definition) is 7. The lowest BCUT2D eigenvalue weighted by molar-refractivity contribution is -0.118. The zero-order chi connectivity index (χ0) is 26.1. The second kappa shape index (κ2) is 12.3. The highest BCUT2D eigenvalue weighted by Crippen LogP contribution is 2.28. The number of esters is 1. The Morgan fingerprint density at radius 2 is 1.56 bits per heavy atom. The Morgan fingerprint density at radius 1 is 0.889 bits per heavy atom. The minimum Gasteiger partial charge on any atom is -0.494 e. The number of ether oxygens (including phenoxy) is 4. The monoisotopic (exact) mass is 495 g/mol. The molecule has 0 bridgehead atoms. The van der Waals surface area contributed by atoms with Crippen LogP contribution < -0.4 is 19.5 Å². The van der Waals surface area contributed by atoms with Gasteiger partial charge in [0.2, 0.25) is 5.78 Å². The van der Waals surface area contributed by atoms with Gasteiger partial charge in [-0.2, -0.15) is 0 Å². The second-order valence-corrected chi connectivity index (χ2v) is 7.58. The molecule has 0 radical (unpaired) electrons. The quantitative estimate of drug-likeness (QED) is 0.305. The fraction of sp³-hybridized carbons (Fsp3) is 0.222. The summed E-state index contributed by atoms with van der Waals surface area (Å²) in [6.07, 6.45) is -1.02. The zero-order valence-corrected chi connectivity index (χ0v) is 20.1. The number of nitrogens with one attached hydrogen (secondary N) is 1. The van der Waals surface area contributed by atoms with E-state index in [4.69, 9.17) is 18.9 Å². The first kappa shape index (κ1) is 26.2. The number of Topliss-reactive ketones (excluding diaryl/α,β-unsaturated/α-hetero) is 1. The van der Waals surface area contributed by atoms with E-state index >= 15 is 0 Å². The number of halogens is 1. The topological polar surface area (TPSA) is 100 Å². The van der Waals surface area contributed by atoms with Gasteiger partial charge in [-0.25, -0.2) is 9.18 Å². The predicted octanol–water partition coefficient (Wildman–Crippen LogP) is 4.68. The Bertz CT molecular complexity index is 1210. The fourth-order valence-electron chi connectivity index (χ4n) is 3.19. The number of anilines is 1. The van der Waals surface area contributed by atoms with Gasteiger partial charge in [0, 0.05) is 11.3 Å². The highest BCUT2D eigenvalue weighted by atomic mass is 19.1. The molecule has 0 unspecified atom stereocenters. The van der Waals surface area contributed by atoms with Crippen molar-refractivity contribution in [1.29, 1.82) is 0 Å². The van der Waals surface area contributed by atoms with Gasteiger partial charge in [-0.05, 0) is 80.6 Å². The molecule has 0 saturated heterocycles. The van der Waals surface area contributed by atoms with E-state index in [9.17, 15) is 18.8 Å². The van der Waals surface area contributed by atoms with Crippen molar-refractivity contribution < 1.29 is 37.7 Å². The molecule has 3 rings (SSSR count). The first-order chi connectivity index (χ1) is 17.3. The molecule has 8 nitrogen and oxygen atoms in total. The van der Waals surface area contributed by atoms with Crippen molar-refractivity contribution in [2.75, 3.05) is 25.6 Å². The molecule has 0 aliphatic heterocycles. The Morgan fingerprint density at radius 3 is 2.19 bits per heavy atom. The smallest absolute Gasteiger partial charge is 0.338 e. The molecule has 0 heterocycles. The maximum absolute atomic E-state index is 13.0. The minimum atomic E-state index is -1.02. The minimum absolute atomic E-state index is 0.140. The van der Waals surface area contributed by atoms with Crippen LogP contribution in [0.4, 0.5) is 10.1 Å². The Kier molecular flexibility index (Phi) is 8.99. The third kappa shape index (κ3) is 7.05.